The molecule has 3 unspecified atom stereocenters. The molecule has 1 aliphatic rings. The Labute approximate surface area is 117 Å². The fourth-order valence-corrected chi connectivity index (χ4v) is 3.42. The second-order valence-electron chi connectivity index (χ2n) is 4.78. The molecule has 0 spiro atoms. The maximum atomic E-state index is 12.2. The van der Waals surface area contributed by atoms with Crippen LogP contribution in [-0.4, -0.2) is 34.9 Å². The summed E-state index contributed by atoms with van der Waals surface area (Å²) in [5, 5.41) is 3.85. The van der Waals surface area contributed by atoms with E-state index in [1.54, 1.807) is 23.1 Å². The first-order chi connectivity index (χ1) is 8.52. The van der Waals surface area contributed by atoms with Gasteiger partial charge in [0.15, 0.2) is 0 Å². The fourth-order valence-electron chi connectivity index (χ4n) is 2.16. The molecule has 2 heterocycles. The van der Waals surface area contributed by atoms with Gasteiger partial charge in [0.1, 0.15) is 6.17 Å². The Morgan fingerprint density at radius 3 is 2.83 bits per heavy atom. The highest BCUT2D eigenvalue weighted by Crippen LogP contribution is 2.31. The molecule has 0 saturated carbocycles. The zero-order chi connectivity index (χ0) is 13.3. The zero-order valence-electron chi connectivity index (χ0n) is 11.3. The van der Waals surface area contributed by atoms with E-state index in [9.17, 15) is 4.79 Å². The normalized spacial score (nSPS) is 25.8. The van der Waals surface area contributed by atoms with Crippen molar-refractivity contribution in [2.45, 2.75) is 38.2 Å². The van der Waals surface area contributed by atoms with E-state index in [0.29, 0.717) is 5.25 Å². The van der Waals surface area contributed by atoms with E-state index in [0.717, 1.165) is 6.54 Å². The molecule has 0 radical (unpaired) electrons. The Bertz CT molecular complexity index is 432. The Morgan fingerprint density at radius 2 is 2.28 bits per heavy atom. The van der Waals surface area contributed by atoms with Gasteiger partial charge >= 0.3 is 0 Å². The molecular weight excluding hydrogens is 264 g/mol. The van der Waals surface area contributed by atoms with Gasteiger partial charge < -0.3 is 4.90 Å². The number of hydrogen-bond donors (Lipinski definition) is 1. The topological polar surface area (TPSA) is 32.3 Å². The molecule has 2 rings (SSSR count). The molecule has 1 amide bonds. The lowest BCUT2D eigenvalue weighted by Crippen LogP contribution is -2.35. The van der Waals surface area contributed by atoms with Crippen molar-refractivity contribution in [1.29, 1.82) is 0 Å². The summed E-state index contributed by atoms with van der Waals surface area (Å²) >= 11 is 3.56. The van der Waals surface area contributed by atoms with Crippen molar-refractivity contribution in [1.82, 2.24) is 10.2 Å². The van der Waals surface area contributed by atoms with E-state index in [-0.39, 0.29) is 18.1 Å². The van der Waals surface area contributed by atoms with Crippen LogP contribution in [0.4, 0.5) is 0 Å². The summed E-state index contributed by atoms with van der Waals surface area (Å²) in [7, 11) is 0. The van der Waals surface area contributed by atoms with Crippen LogP contribution in [0.15, 0.2) is 12.1 Å². The predicted molar refractivity (Wildman–Crippen MR) is 79.1 cm³/mol. The van der Waals surface area contributed by atoms with Crippen LogP contribution in [0.25, 0.3) is 0 Å². The van der Waals surface area contributed by atoms with Crippen LogP contribution in [0.2, 0.25) is 0 Å². The molecule has 1 aliphatic heterocycles. The van der Waals surface area contributed by atoms with Crippen LogP contribution in [-0.2, 0) is 4.79 Å². The van der Waals surface area contributed by atoms with Crippen LogP contribution in [0.1, 0.15) is 29.8 Å². The molecule has 100 valence electrons. The molecule has 0 aromatic carbocycles. The summed E-state index contributed by atoms with van der Waals surface area (Å²) in [6.07, 6.45) is 2.15. The maximum absolute atomic E-state index is 12.2. The third kappa shape index (κ3) is 2.73. The summed E-state index contributed by atoms with van der Waals surface area (Å²) in [6, 6.07) is 4.16. The maximum Gasteiger partial charge on any atom is 0.241 e. The highest BCUT2D eigenvalue weighted by Gasteiger charge is 2.38. The van der Waals surface area contributed by atoms with Crippen molar-refractivity contribution in [2.75, 3.05) is 12.8 Å². The number of hydrogen-bond acceptors (Lipinski definition) is 4. The molecule has 1 aromatic heterocycles. The summed E-state index contributed by atoms with van der Waals surface area (Å²) in [5.41, 5.74) is 0. The number of thiophene rings is 1. The quantitative estimate of drug-likeness (QED) is 0.922. The smallest absolute Gasteiger partial charge is 0.241 e. The monoisotopic (exact) mass is 284 g/mol. The number of thioether (sulfide) groups is 1. The van der Waals surface area contributed by atoms with Gasteiger partial charge in [-0.25, -0.2) is 0 Å². The highest BCUT2D eigenvalue weighted by atomic mass is 32.2. The van der Waals surface area contributed by atoms with Gasteiger partial charge in [-0.15, -0.1) is 11.3 Å². The van der Waals surface area contributed by atoms with Crippen LogP contribution < -0.4 is 5.32 Å². The lowest BCUT2D eigenvalue weighted by Gasteiger charge is -2.25. The SMILES string of the molecule is CSC(C)CN1C(=O)C(C)NC1c1ccc(C)s1. The van der Waals surface area contributed by atoms with Crippen LogP contribution in [0.3, 0.4) is 0 Å². The third-order valence-corrected chi connectivity index (χ3v) is 5.27. The molecule has 1 N–H and O–H groups in total. The Hall–Kier alpha value is -0.520. The fraction of sp³-hybridized carbons (Fsp3) is 0.615. The van der Waals surface area contributed by atoms with E-state index in [4.69, 9.17) is 0 Å². The average Bonchev–Trinajstić information content (AvgIpc) is 2.88. The van der Waals surface area contributed by atoms with Crippen molar-refractivity contribution in [3.63, 3.8) is 0 Å². The second kappa shape index (κ2) is 5.63. The Balaban J connectivity index is 2.19. The van der Waals surface area contributed by atoms with Gasteiger partial charge in [0.05, 0.1) is 6.04 Å². The van der Waals surface area contributed by atoms with E-state index in [2.05, 4.69) is 37.6 Å². The summed E-state index contributed by atoms with van der Waals surface area (Å²) < 4.78 is 0. The van der Waals surface area contributed by atoms with E-state index < -0.39 is 0 Å². The Kier molecular flexibility index (Phi) is 4.35. The number of amides is 1. The minimum Gasteiger partial charge on any atom is -0.320 e. The van der Waals surface area contributed by atoms with E-state index in [1.807, 2.05) is 11.8 Å². The van der Waals surface area contributed by atoms with Gasteiger partial charge in [-0.05, 0) is 32.2 Å². The van der Waals surface area contributed by atoms with Crippen LogP contribution in [0, 0.1) is 6.92 Å². The lowest BCUT2D eigenvalue weighted by molar-refractivity contribution is -0.129. The number of nitrogens with one attached hydrogen (secondary N) is 1. The molecule has 0 aliphatic carbocycles. The van der Waals surface area contributed by atoms with E-state index >= 15 is 0 Å². The summed E-state index contributed by atoms with van der Waals surface area (Å²) in [4.78, 5) is 16.7. The molecular formula is C13H20N2OS2. The third-order valence-electron chi connectivity index (χ3n) is 3.26. The van der Waals surface area contributed by atoms with Crippen molar-refractivity contribution in [3.8, 4) is 0 Å². The first-order valence-corrected chi connectivity index (χ1v) is 8.29. The number of nitrogens with zero attached hydrogens (tertiary/aromatic N) is 1. The lowest BCUT2D eigenvalue weighted by atomic mass is 10.3. The Morgan fingerprint density at radius 1 is 1.56 bits per heavy atom. The molecule has 3 atom stereocenters. The van der Waals surface area contributed by atoms with Crippen molar-refractivity contribution in [3.05, 3.63) is 21.9 Å². The van der Waals surface area contributed by atoms with Gasteiger partial charge in [-0.3, -0.25) is 10.1 Å². The number of aryl methyl sites for hydroxylation is 1. The van der Waals surface area contributed by atoms with Gasteiger partial charge in [-0.2, -0.15) is 11.8 Å². The molecule has 3 nitrogen and oxygen atoms in total. The first-order valence-electron chi connectivity index (χ1n) is 6.18. The van der Waals surface area contributed by atoms with Crippen LogP contribution in [0.5, 0.6) is 0 Å². The van der Waals surface area contributed by atoms with Crippen molar-refractivity contribution in [2.24, 2.45) is 0 Å². The average molecular weight is 284 g/mol. The largest absolute Gasteiger partial charge is 0.320 e. The molecule has 0 bridgehead atoms. The first kappa shape index (κ1) is 13.9. The van der Waals surface area contributed by atoms with Gasteiger partial charge in [0.2, 0.25) is 5.91 Å². The van der Waals surface area contributed by atoms with E-state index in [1.165, 1.54) is 9.75 Å². The second-order valence-corrected chi connectivity index (χ2v) is 7.37. The number of carbonyl (C=O) groups is 1. The molecule has 1 saturated heterocycles. The van der Waals surface area contributed by atoms with Gasteiger partial charge in [-0.1, -0.05) is 6.92 Å². The number of carbonyl (C=O) groups excluding carboxylic acids is 1. The molecule has 18 heavy (non-hydrogen) atoms. The van der Waals surface area contributed by atoms with Crippen molar-refractivity contribution < 1.29 is 4.79 Å². The zero-order valence-corrected chi connectivity index (χ0v) is 12.9. The molecule has 1 fully saturated rings. The minimum absolute atomic E-state index is 0.0563. The van der Waals surface area contributed by atoms with Crippen LogP contribution >= 0.6 is 23.1 Å². The summed E-state index contributed by atoms with van der Waals surface area (Å²) in [6.45, 7) is 7.01. The van der Waals surface area contributed by atoms with Gasteiger partial charge in [0.25, 0.3) is 0 Å². The van der Waals surface area contributed by atoms with Gasteiger partial charge in [0, 0.05) is 21.5 Å². The molecule has 5 heteroatoms. The number of rotatable bonds is 4. The standard InChI is InChI=1S/C13H20N2OS2/c1-8-5-6-11(18-8)12-14-10(3)13(16)15(12)7-9(2)17-4/h5-6,9-10,12,14H,7H2,1-4H3. The van der Waals surface area contributed by atoms with Crippen molar-refractivity contribution >= 4 is 29.0 Å². The minimum atomic E-state index is -0.0773. The predicted octanol–water partition coefficient (Wildman–Crippen LogP) is 2.63. The summed E-state index contributed by atoms with van der Waals surface area (Å²) in [5.74, 6) is 0.215. The highest BCUT2D eigenvalue weighted by molar-refractivity contribution is 7.99. The molecule has 1 aromatic rings.